The maximum Gasteiger partial charge on any atom is 0.253 e. The summed E-state index contributed by atoms with van der Waals surface area (Å²) in [6, 6.07) is 4.98. The minimum atomic E-state index is -0.354. The van der Waals surface area contributed by atoms with Gasteiger partial charge in [-0.25, -0.2) is 0 Å². The third-order valence-electron chi connectivity index (χ3n) is 3.38. The van der Waals surface area contributed by atoms with Crippen molar-refractivity contribution in [3.63, 3.8) is 0 Å². The number of carbonyl (C=O) groups excluding carboxylic acids is 2. The summed E-state index contributed by atoms with van der Waals surface area (Å²) in [6.45, 7) is 3.52. The van der Waals surface area contributed by atoms with Gasteiger partial charge in [0.1, 0.15) is 6.04 Å². The van der Waals surface area contributed by atoms with Crippen molar-refractivity contribution in [2.75, 3.05) is 39.2 Å². The number of hydrogen-bond donors (Lipinski definition) is 2. The van der Waals surface area contributed by atoms with Crippen LogP contribution in [-0.2, 0) is 9.53 Å². The molecule has 0 radical (unpaired) electrons. The van der Waals surface area contributed by atoms with Crippen molar-refractivity contribution in [2.24, 2.45) is 0 Å². The first kappa shape index (κ1) is 15.5. The number of nitrogens with one attached hydrogen (secondary N) is 2. The zero-order chi connectivity index (χ0) is 15.4. The van der Waals surface area contributed by atoms with E-state index in [1.54, 1.807) is 26.2 Å². The van der Waals surface area contributed by atoms with E-state index in [1.807, 2.05) is 13.0 Å². The molecule has 1 atom stereocenters. The molecule has 2 rings (SSSR count). The van der Waals surface area contributed by atoms with Gasteiger partial charge in [-0.1, -0.05) is 6.07 Å². The second kappa shape index (κ2) is 6.69. The Labute approximate surface area is 124 Å². The summed E-state index contributed by atoms with van der Waals surface area (Å²) in [5.74, 6) is -0.232. The molecular weight excluding hydrogens is 270 g/mol. The van der Waals surface area contributed by atoms with Crippen molar-refractivity contribution >= 4 is 17.5 Å². The Bertz CT molecular complexity index is 537. The van der Waals surface area contributed by atoms with Gasteiger partial charge in [-0.05, 0) is 24.6 Å². The highest BCUT2D eigenvalue weighted by molar-refractivity contribution is 5.99. The highest BCUT2D eigenvalue weighted by Crippen LogP contribution is 2.17. The number of amides is 2. The molecule has 0 aliphatic carbocycles. The van der Waals surface area contributed by atoms with Gasteiger partial charge in [-0.15, -0.1) is 0 Å². The fourth-order valence-electron chi connectivity index (χ4n) is 2.13. The number of ether oxygens (including phenoxy) is 1. The molecule has 1 aromatic rings. The number of nitrogens with zero attached hydrogens (tertiary/aromatic N) is 1. The quantitative estimate of drug-likeness (QED) is 0.856. The second-order valence-corrected chi connectivity index (χ2v) is 5.30. The number of morpholine rings is 1. The lowest BCUT2D eigenvalue weighted by atomic mass is 10.1. The van der Waals surface area contributed by atoms with Crippen LogP contribution in [0.5, 0.6) is 0 Å². The molecule has 1 unspecified atom stereocenters. The van der Waals surface area contributed by atoms with Crippen LogP contribution in [0.15, 0.2) is 18.2 Å². The van der Waals surface area contributed by atoms with E-state index >= 15 is 0 Å². The normalized spacial score (nSPS) is 18.1. The van der Waals surface area contributed by atoms with Crippen molar-refractivity contribution in [3.8, 4) is 0 Å². The predicted octanol–water partition coefficient (Wildman–Crippen LogP) is 0.624. The molecule has 0 aromatic heterocycles. The van der Waals surface area contributed by atoms with Crippen LogP contribution in [0.3, 0.4) is 0 Å². The van der Waals surface area contributed by atoms with E-state index in [-0.39, 0.29) is 17.9 Å². The van der Waals surface area contributed by atoms with Crippen LogP contribution in [0.4, 0.5) is 5.69 Å². The molecule has 114 valence electrons. The Morgan fingerprint density at radius 1 is 1.38 bits per heavy atom. The van der Waals surface area contributed by atoms with E-state index in [0.29, 0.717) is 31.0 Å². The molecule has 1 aliphatic rings. The number of rotatable bonds is 3. The third-order valence-corrected chi connectivity index (χ3v) is 3.38. The molecular formula is C15H21N3O3. The lowest BCUT2D eigenvalue weighted by Gasteiger charge is -2.23. The van der Waals surface area contributed by atoms with Gasteiger partial charge >= 0.3 is 0 Å². The predicted molar refractivity (Wildman–Crippen MR) is 80.4 cm³/mol. The molecule has 6 nitrogen and oxygen atoms in total. The molecule has 2 amide bonds. The SMILES string of the molecule is Cc1ccc(NC(=O)C2COCCN2)cc1C(=O)N(C)C. The van der Waals surface area contributed by atoms with Crippen molar-refractivity contribution in [2.45, 2.75) is 13.0 Å². The lowest BCUT2D eigenvalue weighted by molar-refractivity contribution is -0.120. The molecule has 1 fully saturated rings. The molecule has 1 aromatic carbocycles. The van der Waals surface area contributed by atoms with Crippen LogP contribution >= 0.6 is 0 Å². The fraction of sp³-hybridized carbons (Fsp3) is 0.467. The van der Waals surface area contributed by atoms with Crippen molar-refractivity contribution in [1.82, 2.24) is 10.2 Å². The van der Waals surface area contributed by atoms with E-state index in [0.717, 1.165) is 5.56 Å². The third kappa shape index (κ3) is 3.80. The first-order valence-electron chi connectivity index (χ1n) is 6.93. The molecule has 1 heterocycles. The molecule has 2 N–H and O–H groups in total. The largest absolute Gasteiger partial charge is 0.378 e. The summed E-state index contributed by atoms with van der Waals surface area (Å²) < 4.78 is 5.27. The molecule has 1 aliphatic heterocycles. The molecule has 0 saturated carbocycles. The number of carbonyl (C=O) groups is 2. The van der Waals surface area contributed by atoms with E-state index < -0.39 is 0 Å². The lowest BCUT2D eigenvalue weighted by Crippen LogP contribution is -2.48. The van der Waals surface area contributed by atoms with Crippen LogP contribution in [0.1, 0.15) is 15.9 Å². The zero-order valence-electron chi connectivity index (χ0n) is 12.6. The molecule has 0 bridgehead atoms. The summed E-state index contributed by atoms with van der Waals surface area (Å²) in [5, 5.41) is 5.91. The van der Waals surface area contributed by atoms with E-state index in [4.69, 9.17) is 4.74 Å². The van der Waals surface area contributed by atoms with Gasteiger partial charge in [0.05, 0.1) is 13.2 Å². The number of anilines is 1. The summed E-state index contributed by atoms with van der Waals surface area (Å²) in [7, 11) is 3.41. The Morgan fingerprint density at radius 3 is 2.76 bits per heavy atom. The first-order valence-corrected chi connectivity index (χ1v) is 6.93. The molecule has 0 spiro atoms. The van der Waals surface area contributed by atoms with Crippen molar-refractivity contribution in [3.05, 3.63) is 29.3 Å². The number of aryl methyl sites for hydroxylation is 1. The van der Waals surface area contributed by atoms with Gasteiger partial charge in [0.25, 0.3) is 5.91 Å². The fourth-order valence-corrected chi connectivity index (χ4v) is 2.13. The van der Waals surface area contributed by atoms with Crippen molar-refractivity contribution in [1.29, 1.82) is 0 Å². The zero-order valence-corrected chi connectivity index (χ0v) is 12.6. The van der Waals surface area contributed by atoms with E-state index in [2.05, 4.69) is 10.6 Å². The minimum absolute atomic E-state index is 0.0808. The monoisotopic (exact) mass is 291 g/mol. The van der Waals surface area contributed by atoms with Gasteiger partial charge in [0.2, 0.25) is 5.91 Å². The standard InChI is InChI=1S/C15H21N3O3/c1-10-4-5-11(8-12(10)15(20)18(2)3)17-14(19)13-9-21-7-6-16-13/h4-5,8,13,16H,6-7,9H2,1-3H3,(H,17,19). The van der Waals surface area contributed by atoms with Crippen LogP contribution in [0, 0.1) is 6.92 Å². The van der Waals surface area contributed by atoms with Gasteiger partial charge in [-0.2, -0.15) is 0 Å². The molecule has 21 heavy (non-hydrogen) atoms. The van der Waals surface area contributed by atoms with E-state index in [9.17, 15) is 9.59 Å². The van der Waals surface area contributed by atoms with Gasteiger partial charge in [0, 0.05) is 31.9 Å². The van der Waals surface area contributed by atoms with Gasteiger partial charge in [0.15, 0.2) is 0 Å². The Morgan fingerprint density at radius 2 is 2.14 bits per heavy atom. The maximum atomic E-state index is 12.1. The Balaban J connectivity index is 2.11. The number of hydrogen-bond acceptors (Lipinski definition) is 4. The highest BCUT2D eigenvalue weighted by Gasteiger charge is 2.21. The first-order chi connectivity index (χ1) is 9.99. The number of benzene rings is 1. The van der Waals surface area contributed by atoms with Crippen LogP contribution < -0.4 is 10.6 Å². The summed E-state index contributed by atoms with van der Waals surface area (Å²) in [5.41, 5.74) is 2.08. The molecule has 1 saturated heterocycles. The van der Waals surface area contributed by atoms with Gasteiger partial charge < -0.3 is 20.3 Å². The maximum absolute atomic E-state index is 12.1. The topological polar surface area (TPSA) is 70.7 Å². The van der Waals surface area contributed by atoms with Crippen LogP contribution in [0.2, 0.25) is 0 Å². The highest BCUT2D eigenvalue weighted by atomic mass is 16.5. The van der Waals surface area contributed by atoms with Crippen molar-refractivity contribution < 1.29 is 14.3 Å². The summed E-state index contributed by atoms with van der Waals surface area (Å²) in [4.78, 5) is 25.7. The van der Waals surface area contributed by atoms with Crippen LogP contribution in [-0.4, -0.2) is 56.6 Å². The van der Waals surface area contributed by atoms with Gasteiger partial charge in [-0.3, -0.25) is 9.59 Å². The second-order valence-electron chi connectivity index (χ2n) is 5.30. The Kier molecular flexibility index (Phi) is 4.93. The van der Waals surface area contributed by atoms with Crippen LogP contribution in [0.25, 0.3) is 0 Å². The average Bonchev–Trinajstić information content (AvgIpc) is 2.49. The summed E-state index contributed by atoms with van der Waals surface area (Å²) in [6.07, 6.45) is 0. The average molecular weight is 291 g/mol. The Hall–Kier alpha value is -1.92. The minimum Gasteiger partial charge on any atom is -0.378 e. The smallest absolute Gasteiger partial charge is 0.253 e. The molecule has 6 heteroatoms. The van der Waals surface area contributed by atoms with E-state index in [1.165, 1.54) is 4.90 Å². The summed E-state index contributed by atoms with van der Waals surface area (Å²) >= 11 is 0.